The summed E-state index contributed by atoms with van der Waals surface area (Å²) in [5.74, 6) is 2.71. The van der Waals surface area contributed by atoms with Gasteiger partial charge in [-0.15, -0.1) is 0 Å². The third-order valence-corrected chi connectivity index (χ3v) is 13.1. The van der Waals surface area contributed by atoms with E-state index in [1.54, 1.807) is 6.92 Å². The van der Waals surface area contributed by atoms with Crippen molar-refractivity contribution in [2.24, 2.45) is 34.5 Å². The summed E-state index contributed by atoms with van der Waals surface area (Å²) >= 11 is 0. The summed E-state index contributed by atoms with van der Waals surface area (Å²) in [5.41, 5.74) is -0.247. The number of hydrogen-bond donors (Lipinski definition) is 1. The predicted molar refractivity (Wildman–Crippen MR) is 147 cm³/mol. The van der Waals surface area contributed by atoms with Gasteiger partial charge in [0, 0.05) is 31.5 Å². The molecule has 0 aromatic rings. The fraction of sp³-hybridized carbons (Fsp3) is 0.969. The van der Waals surface area contributed by atoms with E-state index in [4.69, 9.17) is 4.74 Å². The van der Waals surface area contributed by atoms with E-state index in [0.29, 0.717) is 23.3 Å². The van der Waals surface area contributed by atoms with Gasteiger partial charge in [0.1, 0.15) is 11.8 Å². The van der Waals surface area contributed by atoms with Gasteiger partial charge in [-0.2, -0.15) is 0 Å². The molecular weight excluding hydrogens is 460 g/mol. The van der Waals surface area contributed by atoms with Gasteiger partial charge in [-0.3, -0.25) is 14.6 Å². The van der Waals surface area contributed by atoms with Gasteiger partial charge in [0.15, 0.2) is 0 Å². The number of likely N-dealkylation sites (tertiary alicyclic amines) is 2. The van der Waals surface area contributed by atoms with Gasteiger partial charge >= 0.3 is 5.97 Å². The molecule has 6 rings (SSSR count). The van der Waals surface area contributed by atoms with E-state index in [9.17, 15) is 9.90 Å². The van der Waals surface area contributed by atoms with Crippen molar-refractivity contribution >= 4 is 5.97 Å². The van der Waals surface area contributed by atoms with Gasteiger partial charge in [-0.1, -0.05) is 33.1 Å². The van der Waals surface area contributed by atoms with Crippen LogP contribution in [0, 0.1) is 34.5 Å². The van der Waals surface area contributed by atoms with Crippen LogP contribution in [-0.4, -0.2) is 64.9 Å². The molecule has 9 atom stereocenters. The molecule has 0 amide bonds. The molecule has 1 N–H and O–H groups in total. The van der Waals surface area contributed by atoms with E-state index in [2.05, 4.69) is 23.6 Å². The Morgan fingerprint density at radius 1 is 0.838 bits per heavy atom. The first-order valence-corrected chi connectivity index (χ1v) is 16.1. The van der Waals surface area contributed by atoms with Crippen molar-refractivity contribution in [2.45, 2.75) is 135 Å². The summed E-state index contributed by atoms with van der Waals surface area (Å²) in [4.78, 5) is 17.3. The second-order valence-electron chi connectivity index (χ2n) is 14.6. The monoisotopic (exact) mass is 514 g/mol. The molecule has 37 heavy (non-hydrogen) atoms. The smallest absolute Gasteiger partial charge is 0.302 e. The predicted octanol–water partition coefficient (Wildman–Crippen LogP) is 5.99. The fourth-order valence-electron chi connectivity index (χ4n) is 11.2. The van der Waals surface area contributed by atoms with Crippen LogP contribution in [0.3, 0.4) is 0 Å². The van der Waals surface area contributed by atoms with Crippen LogP contribution in [0.15, 0.2) is 0 Å². The molecule has 4 aliphatic carbocycles. The number of piperidine rings is 1. The maximum atomic E-state index is 12.4. The zero-order chi connectivity index (χ0) is 25.8. The third kappa shape index (κ3) is 4.32. The minimum atomic E-state index is -0.603. The van der Waals surface area contributed by atoms with E-state index in [-0.39, 0.29) is 17.5 Å². The highest BCUT2D eigenvalue weighted by atomic mass is 16.5. The largest absolute Gasteiger partial charge is 0.461 e. The maximum absolute atomic E-state index is 12.4. The molecule has 0 bridgehead atoms. The summed E-state index contributed by atoms with van der Waals surface area (Å²) in [6.07, 6.45) is 18.6. The number of nitrogens with zero attached hydrogens (tertiary/aromatic N) is 2. The number of rotatable bonds is 3. The molecule has 2 aliphatic heterocycles. The first kappa shape index (κ1) is 26.6. The molecule has 5 nitrogen and oxygen atoms in total. The Morgan fingerprint density at radius 3 is 2.19 bits per heavy atom. The molecule has 4 unspecified atom stereocenters. The normalized spacial score (nSPS) is 49.4. The van der Waals surface area contributed by atoms with E-state index < -0.39 is 5.72 Å². The first-order valence-electron chi connectivity index (χ1n) is 16.1. The van der Waals surface area contributed by atoms with Crippen molar-refractivity contribution in [3.05, 3.63) is 0 Å². The molecule has 6 aliphatic rings. The summed E-state index contributed by atoms with van der Waals surface area (Å²) in [6.45, 7) is 11.2. The minimum absolute atomic E-state index is 0.0307. The Labute approximate surface area is 226 Å². The topological polar surface area (TPSA) is 53.0 Å². The highest BCUT2D eigenvalue weighted by Crippen LogP contribution is 2.69. The van der Waals surface area contributed by atoms with Crippen molar-refractivity contribution in [1.29, 1.82) is 0 Å². The molecule has 2 saturated heterocycles. The van der Waals surface area contributed by atoms with Crippen LogP contribution in [0.4, 0.5) is 0 Å². The van der Waals surface area contributed by atoms with Crippen molar-refractivity contribution in [3.63, 3.8) is 0 Å². The minimum Gasteiger partial charge on any atom is -0.461 e. The van der Waals surface area contributed by atoms with Crippen molar-refractivity contribution < 1.29 is 14.6 Å². The number of ether oxygens (including phenoxy) is 1. The summed E-state index contributed by atoms with van der Waals surface area (Å²) in [5, 5.41) is 12.4. The van der Waals surface area contributed by atoms with Crippen molar-refractivity contribution in [2.75, 3.05) is 26.2 Å². The van der Waals surface area contributed by atoms with Crippen LogP contribution in [0.1, 0.15) is 117 Å². The molecule has 210 valence electrons. The second kappa shape index (κ2) is 10.1. The number of aliphatic hydroxyl groups is 1. The molecule has 2 heterocycles. The van der Waals surface area contributed by atoms with E-state index >= 15 is 0 Å². The quantitative estimate of drug-likeness (QED) is 0.469. The molecular formula is C32H54N2O3. The number of carbonyl (C=O) groups is 1. The molecule has 0 radical (unpaired) electrons. The Hall–Kier alpha value is -0.650. The lowest BCUT2D eigenvalue weighted by atomic mass is 9.44. The summed E-state index contributed by atoms with van der Waals surface area (Å²) in [7, 11) is 0. The molecule has 0 aromatic carbocycles. The van der Waals surface area contributed by atoms with Crippen LogP contribution in [0.5, 0.6) is 0 Å². The van der Waals surface area contributed by atoms with Crippen LogP contribution in [0.2, 0.25) is 0 Å². The number of fused-ring (bicyclic) bond motifs is 5. The third-order valence-electron chi connectivity index (χ3n) is 13.1. The molecule has 6 fully saturated rings. The Kier molecular flexibility index (Phi) is 7.23. The molecule has 0 aromatic heterocycles. The number of carbonyl (C=O) groups excluding carboxylic acids is 1. The zero-order valence-corrected chi connectivity index (χ0v) is 24.1. The lowest BCUT2D eigenvalue weighted by Crippen LogP contribution is -2.64. The fourth-order valence-corrected chi connectivity index (χ4v) is 11.2. The molecule has 4 saturated carbocycles. The lowest BCUT2D eigenvalue weighted by molar-refractivity contribution is -0.219. The van der Waals surface area contributed by atoms with Crippen molar-refractivity contribution in [3.8, 4) is 0 Å². The molecule has 0 spiro atoms. The number of hydrogen-bond acceptors (Lipinski definition) is 5. The SMILES string of the molecule is CC(=O)OC1CC2CC[C@@H]3[C@@H](CC[C@@]4(C)[C@H]3CCC4(O)N3CCCCCC3)[C@@]2(C)CC1N1CCCCC1. The maximum Gasteiger partial charge on any atom is 0.302 e. The van der Waals surface area contributed by atoms with E-state index in [1.807, 2.05) is 0 Å². The Morgan fingerprint density at radius 2 is 1.49 bits per heavy atom. The standard InChI is InChI=1S/C32H54N2O3/c1-23(35)37-29-21-24-11-12-25-26(30(24,2)22-28(29)33-17-7-6-8-18-33)13-15-31(3)27(25)14-16-32(31,36)34-19-9-4-5-10-20-34/h24-29,36H,4-22H2,1-3H3/t24?,25-,26-,27+,28?,29?,30+,31+,32?/m1/s1. The van der Waals surface area contributed by atoms with E-state index in [0.717, 1.165) is 37.8 Å². The van der Waals surface area contributed by atoms with Gasteiger partial charge in [-0.25, -0.2) is 0 Å². The number of esters is 1. The first-order chi connectivity index (χ1) is 17.8. The van der Waals surface area contributed by atoms with Crippen LogP contribution in [-0.2, 0) is 9.53 Å². The van der Waals surface area contributed by atoms with Crippen molar-refractivity contribution in [1.82, 2.24) is 9.80 Å². The van der Waals surface area contributed by atoms with Gasteiger partial charge in [0.05, 0.1) is 0 Å². The van der Waals surface area contributed by atoms with Crippen LogP contribution < -0.4 is 0 Å². The van der Waals surface area contributed by atoms with Gasteiger partial charge < -0.3 is 9.84 Å². The zero-order valence-electron chi connectivity index (χ0n) is 24.1. The highest BCUT2D eigenvalue weighted by molar-refractivity contribution is 5.66. The second-order valence-corrected chi connectivity index (χ2v) is 14.6. The highest BCUT2D eigenvalue weighted by Gasteiger charge is 2.66. The van der Waals surface area contributed by atoms with Crippen LogP contribution in [0.25, 0.3) is 0 Å². The summed E-state index contributed by atoms with van der Waals surface area (Å²) in [6, 6.07) is 0.384. The van der Waals surface area contributed by atoms with Gasteiger partial charge in [0.2, 0.25) is 0 Å². The lowest BCUT2D eigenvalue weighted by Gasteiger charge is -2.64. The van der Waals surface area contributed by atoms with Gasteiger partial charge in [-0.05, 0) is 119 Å². The van der Waals surface area contributed by atoms with E-state index in [1.165, 1.54) is 96.6 Å². The Balaban J connectivity index is 1.25. The van der Waals surface area contributed by atoms with Gasteiger partial charge in [0.25, 0.3) is 0 Å². The average Bonchev–Trinajstić information content (AvgIpc) is 3.04. The summed E-state index contributed by atoms with van der Waals surface area (Å²) < 4.78 is 6.06. The average molecular weight is 515 g/mol. The molecule has 5 heteroatoms. The Bertz CT molecular complexity index is 836. The van der Waals surface area contributed by atoms with Crippen LogP contribution >= 0.6 is 0 Å².